The van der Waals surface area contributed by atoms with Crippen LogP contribution in [0.1, 0.15) is 19.4 Å². The molecule has 1 fully saturated rings. The number of hydrogen-bond acceptors (Lipinski definition) is 3. The Morgan fingerprint density at radius 1 is 1.45 bits per heavy atom. The summed E-state index contributed by atoms with van der Waals surface area (Å²) >= 11 is 0. The van der Waals surface area contributed by atoms with E-state index in [4.69, 9.17) is 20.2 Å². The minimum atomic E-state index is -3.67. The maximum atomic E-state index is 13.4. The molecular weight excluding hydrogens is 307 g/mol. The van der Waals surface area contributed by atoms with Crippen molar-refractivity contribution >= 4 is 20.1 Å². The van der Waals surface area contributed by atoms with Crippen molar-refractivity contribution in [3.63, 3.8) is 0 Å². The van der Waals surface area contributed by atoms with Crippen LogP contribution in [0.4, 0.5) is 4.39 Å². The number of hydrogen-bond donors (Lipinski definition) is 1. The molecule has 1 heterocycles. The van der Waals surface area contributed by atoms with Gasteiger partial charge < -0.3 is 9.47 Å². The molecule has 0 amide bonds. The van der Waals surface area contributed by atoms with Gasteiger partial charge in [0.2, 0.25) is 15.6 Å². The van der Waals surface area contributed by atoms with Gasteiger partial charge in [0.1, 0.15) is 5.82 Å². The fraction of sp³-hybridized carbons (Fsp3) is 0.538. The molecule has 112 valence electrons. The Morgan fingerprint density at radius 3 is 2.60 bits per heavy atom. The van der Waals surface area contributed by atoms with Crippen LogP contribution < -0.4 is 0 Å². The summed E-state index contributed by atoms with van der Waals surface area (Å²) in [6.45, 7) is 4.81. The quantitative estimate of drug-likeness (QED) is 0.682. The normalized spacial score (nSPS) is 20.1. The van der Waals surface area contributed by atoms with Crippen molar-refractivity contribution in [2.75, 3.05) is 13.2 Å². The first-order valence-corrected chi connectivity index (χ1v) is 8.52. The molecular formula is C13H17ClFO4S+. The highest BCUT2D eigenvalue weighted by Crippen LogP contribution is 2.35. The van der Waals surface area contributed by atoms with E-state index < -0.39 is 26.9 Å². The van der Waals surface area contributed by atoms with Crippen LogP contribution >= 0.6 is 10.7 Å². The summed E-state index contributed by atoms with van der Waals surface area (Å²) in [7, 11) is 1.83. The molecule has 7 heteroatoms. The lowest BCUT2D eigenvalue weighted by molar-refractivity contribution is -0.119. The van der Waals surface area contributed by atoms with Gasteiger partial charge in [0.05, 0.1) is 13.2 Å². The van der Waals surface area contributed by atoms with E-state index in [9.17, 15) is 13.2 Å². The fourth-order valence-corrected chi connectivity index (χ4v) is 3.46. The Labute approximate surface area is 123 Å². The first-order chi connectivity index (χ1) is 9.20. The van der Waals surface area contributed by atoms with Gasteiger partial charge in [-0.25, -0.2) is 4.39 Å². The van der Waals surface area contributed by atoms with Crippen molar-refractivity contribution in [3.05, 3.63) is 29.6 Å². The number of benzene rings is 1. The lowest BCUT2D eigenvalue weighted by atomic mass is 9.85. The van der Waals surface area contributed by atoms with E-state index in [1.54, 1.807) is 0 Å². The largest absolute Gasteiger partial charge is 0.350 e. The maximum Gasteiger partial charge on any atom is 0.348 e. The van der Waals surface area contributed by atoms with Crippen molar-refractivity contribution < 1.29 is 22.6 Å². The predicted octanol–water partition coefficient (Wildman–Crippen LogP) is 3.25. The molecule has 1 N–H and O–H groups in total. The summed E-state index contributed by atoms with van der Waals surface area (Å²) in [5, 5.41) is 0. The van der Waals surface area contributed by atoms with E-state index in [0.29, 0.717) is 25.2 Å². The number of rotatable bonds is 4. The third-order valence-corrected chi connectivity index (χ3v) is 4.64. The van der Waals surface area contributed by atoms with Crippen LogP contribution in [-0.2, 0) is 29.5 Å². The lowest BCUT2D eigenvalue weighted by Gasteiger charge is -2.29. The van der Waals surface area contributed by atoms with Crippen LogP contribution in [0.2, 0.25) is 0 Å². The molecule has 0 bridgehead atoms. The van der Waals surface area contributed by atoms with Crippen molar-refractivity contribution in [2.45, 2.75) is 31.5 Å². The van der Waals surface area contributed by atoms with Gasteiger partial charge in [0, 0.05) is 17.0 Å². The summed E-state index contributed by atoms with van der Waals surface area (Å²) in [6.07, 6.45) is -0.113. The standard InChI is InChI=1S/C13H16ClFO4S/c1-13(2,12-18-5-6-19-12)8-9-7-10(15)3-4-11(9)20(14,16)17/h3-4,7,12H,5-6,8H2,1-2H3/p+1. The van der Waals surface area contributed by atoms with E-state index in [0.717, 1.165) is 6.07 Å². The van der Waals surface area contributed by atoms with Crippen LogP contribution in [-0.4, -0.2) is 24.1 Å². The Morgan fingerprint density at radius 2 is 2.05 bits per heavy atom. The average molecular weight is 324 g/mol. The van der Waals surface area contributed by atoms with Gasteiger partial charge in [-0.2, -0.15) is 4.55 Å². The minimum Gasteiger partial charge on any atom is -0.350 e. The summed E-state index contributed by atoms with van der Waals surface area (Å²) < 4.78 is 45.5. The van der Waals surface area contributed by atoms with Crippen LogP contribution in [0.5, 0.6) is 0 Å². The van der Waals surface area contributed by atoms with E-state index in [1.165, 1.54) is 12.1 Å². The van der Waals surface area contributed by atoms with Crippen LogP contribution in [0, 0.1) is 11.2 Å². The third kappa shape index (κ3) is 3.56. The monoisotopic (exact) mass is 323 g/mol. The zero-order chi connectivity index (χ0) is 15.0. The van der Waals surface area contributed by atoms with Gasteiger partial charge in [-0.3, -0.25) is 0 Å². The van der Waals surface area contributed by atoms with Crippen LogP contribution in [0.15, 0.2) is 23.1 Å². The Hall–Kier alpha value is -0.530. The predicted molar refractivity (Wildman–Crippen MR) is 74.4 cm³/mol. The van der Waals surface area contributed by atoms with Crippen molar-refractivity contribution in [3.8, 4) is 0 Å². The van der Waals surface area contributed by atoms with Crippen molar-refractivity contribution in [1.29, 1.82) is 0 Å². The van der Waals surface area contributed by atoms with E-state index in [2.05, 4.69) is 0 Å². The zero-order valence-corrected chi connectivity index (χ0v) is 12.8. The summed E-state index contributed by atoms with van der Waals surface area (Å²) in [5.74, 6) is -0.479. The third-order valence-electron chi connectivity index (χ3n) is 3.20. The van der Waals surface area contributed by atoms with Gasteiger partial charge in [-0.15, -0.1) is 0 Å². The highest BCUT2D eigenvalue weighted by atomic mass is 35.7. The van der Waals surface area contributed by atoms with E-state index >= 15 is 0 Å². The second-order valence-corrected chi connectivity index (χ2v) is 8.06. The molecule has 0 aliphatic carbocycles. The molecule has 1 aromatic carbocycles. The molecule has 1 unspecified atom stereocenters. The second-order valence-electron chi connectivity index (χ2n) is 5.45. The van der Waals surface area contributed by atoms with E-state index in [-0.39, 0.29) is 4.90 Å². The molecule has 2 rings (SSSR count). The molecule has 0 radical (unpaired) electrons. The van der Waals surface area contributed by atoms with Gasteiger partial charge in [0.25, 0.3) is 0 Å². The molecule has 20 heavy (non-hydrogen) atoms. The smallest absolute Gasteiger partial charge is 0.348 e. The van der Waals surface area contributed by atoms with Crippen molar-refractivity contribution in [2.24, 2.45) is 5.41 Å². The van der Waals surface area contributed by atoms with Gasteiger partial charge in [-0.05, 0) is 22.8 Å². The first kappa shape index (κ1) is 15.9. The lowest BCUT2D eigenvalue weighted by Crippen LogP contribution is -2.33. The van der Waals surface area contributed by atoms with Gasteiger partial charge in [-0.1, -0.05) is 13.8 Å². The molecule has 0 saturated carbocycles. The molecule has 1 aromatic rings. The summed E-state index contributed by atoms with van der Waals surface area (Å²) in [6, 6.07) is 3.59. The molecule has 4 nitrogen and oxygen atoms in total. The molecule has 0 aromatic heterocycles. The Balaban J connectivity index is 2.32. The molecule has 0 spiro atoms. The van der Waals surface area contributed by atoms with Gasteiger partial charge in [0.15, 0.2) is 6.29 Å². The Bertz CT molecular complexity index is 537. The van der Waals surface area contributed by atoms with Crippen LogP contribution in [0.3, 0.4) is 0 Å². The minimum absolute atomic E-state index is 0.0339. The average Bonchev–Trinajstić information content (AvgIpc) is 2.80. The highest BCUT2D eigenvalue weighted by Gasteiger charge is 2.38. The summed E-state index contributed by atoms with van der Waals surface area (Å²) in [5.41, 5.74) is -0.0859. The molecule has 1 aliphatic rings. The van der Waals surface area contributed by atoms with E-state index in [1.807, 2.05) is 13.8 Å². The highest BCUT2D eigenvalue weighted by molar-refractivity contribution is 8.19. The zero-order valence-electron chi connectivity index (χ0n) is 11.3. The topological polar surface area (TPSA) is 55.8 Å². The fourth-order valence-electron chi connectivity index (χ4n) is 2.32. The molecule has 1 atom stereocenters. The second kappa shape index (κ2) is 5.69. The first-order valence-electron chi connectivity index (χ1n) is 6.18. The number of ether oxygens (including phenoxy) is 2. The maximum absolute atomic E-state index is 13.4. The van der Waals surface area contributed by atoms with Crippen molar-refractivity contribution in [1.82, 2.24) is 0 Å². The van der Waals surface area contributed by atoms with Gasteiger partial charge >= 0.3 is 9.43 Å². The number of halogens is 2. The SMILES string of the molecule is CC(C)(Cc1cc(F)ccc1[S+](=O)(O)Cl)C1OCCO1. The summed E-state index contributed by atoms with van der Waals surface area (Å²) in [4.78, 5) is 0.0339. The Kier molecular flexibility index (Phi) is 4.51. The molecule has 1 saturated heterocycles. The van der Waals surface area contributed by atoms with Crippen LogP contribution in [0.25, 0.3) is 0 Å². The molecule has 1 aliphatic heterocycles.